The molecular weight excluding hydrogens is 194 g/mol. The van der Waals surface area contributed by atoms with E-state index in [1.54, 1.807) is 13.0 Å². The van der Waals surface area contributed by atoms with E-state index in [4.69, 9.17) is 9.47 Å². The van der Waals surface area contributed by atoms with Crippen LogP contribution in [0.1, 0.15) is 27.7 Å². The zero-order valence-electron chi connectivity index (χ0n) is 10.0. The van der Waals surface area contributed by atoms with Crippen molar-refractivity contribution < 1.29 is 14.3 Å². The quantitative estimate of drug-likeness (QED) is 0.564. The fraction of sp³-hybridized carbons (Fsp3) is 0.727. The van der Waals surface area contributed by atoms with E-state index in [2.05, 4.69) is 11.9 Å². The number of amides is 1. The Balaban J connectivity index is 3.71. The van der Waals surface area contributed by atoms with Crippen LogP contribution in [-0.2, 0) is 9.47 Å². The van der Waals surface area contributed by atoms with Crippen molar-refractivity contribution in [2.45, 2.75) is 39.3 Å². The average Bonchev–Trinajstić information content (AvgIpc) is 2.00. The molecule has 1 atom stereocenters. The highest BCUT2D eigenvalue weighted by Gasteiger charge is 2.16. The lowest BCUT2D eigenvalue weighted by atomic mass is 10.1. The second-order valence-corrected chi connectivity index (χ2v) is 4.42. The second-order valence-electron chi connectivity index (χ2n) is 4.42. The van der Waals surface area contributed by atoms with E-state index < -0.39 is 6.09 Å². The summed E-state index contributed by atoms with van der Waals surface area (Å²) in [6.07, 6.45) is 0.978. The van der Waals surface area contributed by atoms with Crippen molar-refractivity contribution in [3.63, 3.8) is 0 Å². The van der Waals surface area contributed by atoms with Gasteiger partial charge in [-0.3, -0.25) is 0 Å². The van der Waals surface area contributed by atoms with Crippen molar-refractivity contribution in [3.05, 3.63) is 12.7 Å². The first-order valence-corrected chi connectivity index (χ1v) is 5.02. The van der Waals surface area contributed by atoms with Crippen LogP contribution in [0.2, 0.25) is 0 Å². The van der Waals surface area contributed by atoms with Gasteiger partial charge in [0.15, 0.2) is 0 Å². The van der Waals surface area contributed by atoms with Gasteiger partial charge in [0.05, 0.1) is 13.2 Å². The molecule has 0 unspecified atom stereocenters. The molecule has 0 aromatic heterocycles. The van der Waals surface area contributed by atoms with Crippen LogP contribution in [0.3, 0.4) is 0 Å². The summed E-state index contributed by atoms with van der Waals surface area (Å²) in [7, 11) is 0. The lowest BCUT2D eigenvalue weighted by Gasteiger charge is -2.22. The van der Waals surface area contributed by atoms with Crippen LogP contribution in [0.25, 0.3) is 0 Å². The molecule has 1 N–H and O–H groups in total. The zero-order chi connectivity index (χ0) is 11.9. The number of carbonyl (C=O) groups excluding carboxylic acids is 1. The molecule has 1 amide bonds. The molecule has 88 valence electrons. The van der Waals surface area contributed by atoms with E-state index in [1.165, 1.54) is 0 Å². The second kappa shape index (κ2) is 6.45. The number of alkyl carbamates (subject to hydrolysis) is 1. The Labute approximate surface area is 91.6 Å². The molecule has 0 saturated carbocycles. The Morgan fingerprint density at radius 1 is 1.53 bits per heavy atom. The summed E-state index contributed by atoms with van der Waals surface area (Å²) in [4.78, 5) is 11.3. The molecule has 0 aromatic carbocycles. The molecule has 4 nitrogen and oxygen atoms in total. The monoisotopic (exact) mass is 215 g/mol. The summed E-state index contributed by atoms with van der Waals surface area (Å²) in [5, 5.41) is 2.70. The van der Waals surface area contributed by atoms with Gasteiger partial charge in [-0.25, -0.2) is 4.79 Å². The highest BCUT2D eigenvalue weighted by molar-refractivity contribution is 5.68. The lowest BCUT2D eigenvalue weighted by Crippen LogP contribution is -2.42. The number of nitrogens with one attached hydrogen (secondary N) is 1. The van der Waals surface area contributed by atoms with Crippen LogP contribution in [0.15, 0.2) is 12.7 Å². The van der Waals surface area contributed by atoms with E-state index in [0.717, 1.165) is 0 Å². The third-order valence-electron chi connectivity index (χ3n) is 1.37. The van der Waals surface area contributed by atoms with Crippen LogP contribution >= 0.6 is 0 Å². The maximum atomic E-state index is 11.3. The zero-order valence-corrected chi connectivity index (χ0v) is 10.0. The number of ether oxygens (including phenoxy) is 2. The van der Waals surface area contributed by atoms with Gasteiger partial charge in [-0.15, -0.1) is 6.58 Å². The molecule has 0 aliphatic rings. The van der Waals surface area contributed by atoms with Gasteiger partial charge < -0.3 is 14.8 Å². The highest BCUT2D eigenvalue weighted by Crippen LogP contribution is 2.01. The van der Waals surface area contributed by atoms with Gasteiger partial charge in [0.2, 0.25) is 0 Å². The predicted octanol–water partition coefficient (Wildman–Crippen LogP) is 2.10. The fourth-order valence-corrected chi connectivity index (χ4v) is 0.870. The average molecular weight is 215 g/mol. The molecule has 0 aliphatic carbocycles. The first-order chi connectivity index (χ1) is 6.85. The van der Waals surface area contributed by atoms with Crippen molar-refractivity contribution in [3.8, 4) is 0 Å². The van der Waals surface area contributed by atoms with Gasteiger partial charge in [0.1, 0.15) is 6.10 Å². The summed E-state index contributed by atoms with van der Waals surface area (Å²) in [6, 6.07) is 0. The van der Waals surface area contributed by atoms with Gasteiger partial charge in [-0.05, 0) is 27.7 Å². The Hall–Kier alpha value is -1.03. The van der Waals surface area contributed by atoms with Gasteiger partial charge in [-0.2, -0.15) is 0 Å². The molecule has 4 heteroatoms. The van der Waals surface area contributed by atoms with Gasteiger partial charge in [0.25, 0.3) is 0 Å². The van der Waals surface area contributed by atoms with Crippen molar-refractivity contribution >= 4 is 6.09 Å². The number of hydrogen-bond acceptors (Lipinski definition) is 3. The summed E-state index contributed by atoms with van der Waals surface area (Å²) in [5.41, 5.74) is -0.279. The van der Waals surface area contributed by atoms with E-state index in [9.17, 15) is 4.79 Å². The van der Waals surface area contributed by atoms with Crippen molar-refractivity contribution in [1.82, 2.24) is 5.32 Å². The van der Waals surface area contributed by atoms with Crippen LogP contribution < -0.4 is 5.32 Å². The predicted molar refractivity (Wildman–Crippen MR) is 59.8 cm³/mol. The number of carbonyl (C=O) groups is 1. The first kappa shape index (κ1) is 14.0. The van der Waals surface area contributed by atoms with E-state index in [0.29, 0.717) is 13.2 Å². The van der Waals surface area contributed by atoms with Crippen LogP contribution in [0.4, 0.5) is 4.79 Å². The third-order valence-corrected chi connectivity index (χ3v) is 1.37. The molecule has 0 bridgehead atoms. The Morgan fingerprint density at radius 2 is 2.13 bits per heavy atom. The van der Waals surface area contributed by atoms with Gasteiger partial charge in [0, 0.05) is 5.54 Å². The van der Waals surface area contributed by atoms with E-state index in [1.807, 2.05) is 20.8 Å². The summed E-state index contributed by atoms with van der Waals surface area (Å²) < 4.78 is 10.2. The summed E-state index contributed by atoms with van der Waals surface area (Å²) in [6.45, 7) is 11.8. The lowest BCUT2D eigenvalue weighted by molar-refractivity contribution is 0.0353. The van der Waals surface area contributed by atoms with Crippen LogP contribution in [0, 0.1) is 0 Å². The van der Waals surface area contributed by atoms with Gasteiger partial charge >= 0.3 is 6.09 Å². The molecule has 0 aromatic rings. The summed E-state index contributed by atoms with van der Waals surface area (Å²) >= 11 is 0. The highest BCUT2D eigenvalue weighted by atomic mass is 16.6. The van der Waals surface area contributed by atoms with Crippen molar-refractivity contribution in [2.24, 2.45) is 0 Å². The van der Waals surface area contributed by atoms with Gasteiger partial charge in [-0.1, -0.05) is 6.08 Å². The molecule has 0 radical (unpaired) electrons. The smallest absolute Gasteiger partial charge is 0.407 e. The maximum Gasteiger partial charge on any atom is 0.407 e. The molecule has 0 rings (SSSR count). The fourth-order valence-electron chi connectivity index (χ4n) is 0.870. The largest absolute Gasteiger partial charge is 0.444 e. The standard InChI is InChI=1S/C11H21NO3/c1-6-7-14-8-9(2)15-10(13)12-11(3,4)5/h6,9H,1,7-8H2,2-5H3,(H,12,13)/t9-/m1/s1. The molecule has 0 fully saturated rings. The molecular formula is C11H21NO3. The minimum Gasteiger partial charge on any atom is -0.444 e. The molecule has 15 heavy (non-hydrogen) atoms. The molecule has 0 saturated heterocycles. The summed E-state index contributed by atoms with van der Waals surface area (Å²) in [5.74, 6) is 0. The number of hydrogen-bond donors (Lipinski definition) is 1. The molecule has 0 heterocycles. The number of rotatable bonds is 5. The topological polar surface area (TPSA) is 47.6 Å². The van der Waals surface area contributed by atoms with Crippen molar-refractivity contribution in [2.75, 3.05) is 13.2 Å². The van der Waals surface area contributed by atoms with Crippen LogP contribution in [0.5, 0.6) is 0 Å². The third kappa shape index (κ3) is 9.28. The Kier molecular flexibility index (Phi) is 6.01. The normalized spacial score (nSPS) is 13.1. The first-order valence-electron chi connectivity index (χ1n) is 5.02. The molecule has 0 aliphatic heterocycles. The minimum absolute atomic E-state index is 0.257. The molecule has 0 spiro atoms. The van der Waals surface area contributed by atoms with Crippen molar-refractivity contribution in [1.29, 1.82) is 0 Å². The SMILES string of the molecule is C=CCOC[C@@H](C)OC(=O)NC(C)(C)C. The Morgan fingerprint density at radius 3 is 2.60 bits per heavy atom. The van der Waals surface area contributed by atoms with E-state index in [-0.39, 0.29) is 11.6 Å². The maximum absolute atomic E-state index is 11.3. The Bertz CT molecular complexity index is 208. The van der Waals surface area contributed by atoms with Crippen LogP contribution in [-0.4, -0.2) is 30.9 Å². The van der Waals surface area contributed by atoms with E-state index >= 15 is 0 Å². The minimum atomic E-state index is -0.419.